The summed E-state index contributed by atoms with van der Waals surface area (Å²) in [5.74, 6) is -0.797. The van der Waals surface area contributed by atoms with Crippen molar-refractivity contribution in [2.45, 2.75) is 6.54 Å². The topological polar surface area (TPSA) is 97.0 Å². The summed E-state index contributed by atoms with van der Waals surface area (Å²) in [6.07, 6.45) is 1.56. The number of fused-ring (bicyclic) bond motifs is 1. The maximum Gasteiger partial charge on any atom is 0.287 e. The average molecular weight is 328 g/mol. The van der Waals surface area contributed by atoms with Crippen molar-refractivity contribution >= 4 is 16.8 Å². The van der Waals surface area contributed by atoms with Gasteiger partial charge in [-0.05, 0) is 29.8 Å². The summed E-state index contributed by atoms with van der Waals surface area (Å²) in [6.45, 7) is 0.211. The Morgan fingerprint density at radius 3 is 2.96 bits per heavy atom. The van der Waals surface area contributed by atoms with E-state index in [1.165, 1.54) is 19.2 Å². The quantitative estimate of drug-likeness (QED) is 0.754. The molecule has 1 aromatic carbocycles. The Morgan fingerprint density at radius 2 is 2.17 bits per heavy atom. The number of H-pyrrole nitrogens is 1. The number of aromatic amines is 1. The zero-order valence-corrected chi connectivity index (χ0v) is 12.7. The Hall–Kier alpha value is -3.29. The molecule has 1 amide bonds. The molecule has 0 radical (unpaired) electrons. The molecule has 0 atom stereocenters. The zero-order chi connectivity index (χ0) is 17.1. The average Bonchev–Trinajstić information content (AvgIpc) is 2.60. The van der Waals surface area contributed by atoms with Crippen molar-refractivity contribution in [2.24, 2.45) is 0 Å². The van der Waals surface area contributed by atoms with Crippen LogP contribution in [0.5, 0.6) is 5.88 Å². The normalized spacial score (nSPS) is 10.6. The molecule has 0 aliphatic rings. The van der Waals surface area contributed by atoms with Crippen molar-refractivity contribution in [1.29, 1.82) is 0 Å². The molecule has 0 spiro atoms. The second-order valence-corrected chi connectivity index (χ2v) is 4.97. The minimum absolute atomic E-state index is 0.0884. The van der Waals surface area contributed by atoms with E-state index >= 15 is 0 Å². The highest BCUT2D eigenvalue weighted by atomic mass is 19.1. The maximum absolute atomic E-state index is 13.2. The number of amides is 1. The number of nitrogens with zero attached hydrogens (tertiary/aromatic N) is 2. The molecule has 2 heterocycles. The van der Waals surface area contributed by atoms with Crippen LogP contribution in [0.15, 0.2) is 41.3 Å². The van der Waals surface area contributed by atoms with Gasteiger partial charge in [-0.3, -0.25) is 9.59 Å². The fourth-order valence-corrected chi connectivity index (χ4v) is 2.16. The summed E-state index contributed by atoms with van der Waals surface area (Å²) < 4.78 is 18.2. The van der Waals surface area contributed by atoms with Gasteiger partial charge in [0.25, 0.3) is 11.5 Å². The lowest BCUT2D eigenvalue weighted by Crippen LogP contribution is -2.27. The van der Waals surface area contributed by atoms with E-state index in [1.807, 2.05) is 0 Å². The van der Waals surface area contributed by atoms with Crippen LogP contribution in [0, 0.1) is 5.82 Å². The van der Waals surface area contributed by atoms with Gasteiger partial charge < -0.3 is 15.0 Å². The van der Waals surface area contributed by atoms with Gasteiger partial charge in [-0.2, -0.15) is 0 Å². The summed E-state index contributed by atoms with van der Waals surface area (Å²) >= 11 is 0. The molecule has 0 saturated carbocycles. The highest BCUT2D eigenvalue weighted by Gasteiger charge is 2.12. The molecule has 0 aliphatic heterocycles. The third kappa shape index (κ3) is 3.22. The maximum atomic E-state index is 13.2. The van der Waals surface area contributed by atoms with E-state index in [2.05, 4.69) is 20.3 Å². The summed E-state index contributed by atoms with van der Waals surface area (Å²) in [5.41, 5.74) is 0.450. The van der Waals surface area contributed by atoms with Gasteiger partial charge in [0.2, 0.25) is 5.88 Å². The van der Waals surface area contributed by atoms with Crippen LogP contribution in [-0.4, -0.2) is 28.0 Å². The zero-order valence-electron chi connectivity index (χ0n) is 12.7. The van der Waals surface area contributed by atoms with Crippen LogP contribution in [0.4, 0.5) is 4.39 Å². The number of methoxy groups -OCH3 is 1. The first kappa shape index (κ1) is 15.6. The number of pyridine rings is 1. The molecule has 0 unspecified atom stereocenters. The predicted octanol–water partition coefficient (Wildman–Crippen LogP) is 1.40. The number of benzene rings is 1. The lowest BCUT2D eigenvalue weighted by atomic mass is 10.2. The van der Waals surface area contributed by atoms with Crippen LogP contribution in [0.3, 0.4) is 0 Å². The number of carbonyl (C=O) groups excluding carboxylic acids is 1. The van der Waals surface area contributed by atoms with Crippen LogP contribution in [0.1, 0.15) is 16.2 Å². The van der Waals surface area contributed by atoms with Crippen molar-refractivity contribution in [3.05, 3.63) is 64.1 Å². The molecular weight excluding hydrogens is 315 g/mol. The molecule has 2 N–H and O–H groups in total. The van der Waals surface area contributed by atoms with Crippen molar-refractivity contribution in [2.75, 3.05) is 7.11 Å². The van der Waals surface area contributed by atoms with E-state index in [4.69, 9.17) is 4.74 Å². The molecule has 0 aliphatic carbocycles. The van der Waals surface area contributed by atoms with Crippen LogP contribution in [0.2, 0.25) is 0 Å². The Bertz CT molecular complexity index is 971. The Morgan fingerprint density at radius 1 is 1.33 bits per heavy atom. The fourth-order valence-electron chi connectivity index (χ4n) is 2.16. The third-order valence-electron chi connectivity index (χ3n) is 3.34. The van der Waals surface area contributed by atoms with Crippen LogP contribution < -0.4 is 15.6 Å². The number of hydrogen-bond acceptors (Lipinski definition) is 5. The number of nitrogens with one attached hydrogen (secondary N) is 2. The molecular formula is C16H13FN4O3. The van der Waals surface area contributed by atoms with E-state index in [0.717, 1.165) is 11.6 Å². The van der Waals surface area contributed by atoms with Gasteiger partial charge in [0.05, 0.1) is 18.0 Å². The van der Waals surface area contributed by atoms with Crippen molar-refractivity contribution in [3.8, 4) is 5.88 Å². The predicted molar refractivity (Wildman–Crippen MR) is 84.3 cm³/mol. The number of rotatable bonds is 4. The molecule has 0 saturated heterocycles. The Kier molecular flexibility index (Phi) is 4.19. The van der Waals surface area contributed by atoms with Crippen molar-refractivity contribution in [3.63, 3.8) is 0 Å². The number of carbonyl (C=O) groups is 1. The van der Waals surface area contributed by atoms with Gasteiger partial charge in [0, 0.05) is 18.8 Å². The van der Waals surface area contributed by atoms with Gasteiger partial charge >= 0.3 is 0 Å². The number of aromatic nitrogens is 3. The van der Waals surface area contributed by atoms with Crippen LogP contribution in [-0.2, 0) is 6.54 Å². The standard InChI is InChI=1S/C16H13FN4O3/c1-24-13-6-9(4-5-18-13)8-19-16(23)14-20-12-3-2-10(17)7-11(12)15(22)21-14/h2-7H,8H2,1H3,(H,19,23)(H,20,21,22). The highest BCUT2D eigenvalue weighted by Crippen LogP contribution is 2.10. The molecule has 7 nitrogen and oxygen atoms in total. The van der Waals surface area contributed by atoms with Gasteiger partial charge in [0.1, 0.15) is 5.82 Å². The summed E-state index contributed by atoms with van der Waals surface area (Å²) in [4.78, 5) is 34.5. The molecule has 8 heteroatoms. The van der Waals surface area contributed by atoms with Gasteiger partial charge in [-0.1, -0.05) is 0 Å². The number of halogens is 1. The minimum atomic E-state index is -0.574. The largest absolute Gasteiger partial charge is 0.481 e. The first-order chi connectivity index (χ1) is 11.6. The molecule has 24 heavy (non-hydrogen) atoms. The lowest BCUT2D eigenvalue weighted by Gasteiger charge is -2.06. The number of ether oxygens (including phenoxy) is 1. The summed E-state index contributed by atoms with van der Waals surface area (Å²) in [5, 5.41) is 2.73. The van der Waals surface area contributed by atoms with Crippen LogP contribution >= 0.6 is 0 Å². The molecule has 122 valence electrons. The van der Waals surface area contributed by atoms with Gasteiger partial charge in [0.15, 0.2) is 5.82 Å². The second-order valence-electron chi connectivity index (χ2n) is 4.97. The Labute approximate surface area is 135 Å². The SMILES string of the molecule is COc1cc(CNC(=O)c2nc3ccc(F)cc3c(=O)[nH]2)ccn1. The first-order valence-corrected chi connectivity index (χ1v) is 7.03. The van der Waals surface area contributed by atoms with Crippen molar-refractivity contribution in [1.82, 2.24) is 20.3 Å². The smallest absolute Gasteiger partial charge is 0.287 e. The number of hydrogen-bond donors (Lipinski definition) is 2. The summed E-state index contributed by atoms with van der Waals surface area (Å²) in [6, 6.07) is 7.01. The minimum Gasteiger partial charge on any atom is -0.481 e. The highest BCUT2D eigenvalue weighted by molar-refractivity contribution is 5.92. The molecule has 2 aromatic heterocycles. The second kappa shape index (κ2) is 6.45. The monoisotopic (exact) mass is 328 g/mol. The molecule has 3 rings (SSSR count). The van der Waals surface area contributed by atoms with Crippen molar-refractivity contribution < 1.29 is 13.9 Å². The van der Waals surface area contributed by atoms with Gasteiger partial charge in [-0.15, -0.1) is 0 Å². The fraction of sp³-hybridized carbons (Fsp3) is 0.125. The third-order valence-corrected chi connectivity index (χ3v) is 3.34. The van der Waals surface area contributed by atoms with E-state index in [-0.39, 0.29) is 23.3 Å². The van der Waals surface area contributed by atoms with E-state index in [1.54, 1.807) is 18.3 Å². The molecule has 0 fully saturated rings. The first-order valence-electron chi connectivity index (χ1n) is 7.03. The van der Waals surface area contributed by atoms with E-state index < -0.39 is 17.3 Å². The molecule has 0 bridgehead atoms. The van der Waals surface area contributed by atoms with Crippen LogP contribution in [0.25, 0.3) is 10.9 Å². The molecule has 3 aromatic rings. The van der Waals surface area contributed by atoms with E-state index in [9.17, 15) is 14.0 Å². The van der Waals surface area contributed by atoms with E-state index in [0.29, 0.717) is 5.88 Å². The summed E-state index contributed by atoms with van der Waals surface area (Å²) in [7, 11) is 1.50. The lowest BCUT2D eigenvalue weighted by molar-refractivity contribution is 0.0940. The Balaban J connectivity index is 1.81. The van der Waals surface area contributed by atoms with Gasteiger partial charge in [-0.25, -0.2) is 14.4 Å².